The monoisotopic (exact) mass is 368 g/mol. The van der Waals surface area contributed by atoms with Gasteiger partial charge in [-0.15, -0.1) is 11.3 Å². The molecule has 3 aromatic rings. The molecule has 1 aromatic heterocycles. The Balaban J connectivity index is 1.69. The van der Waals surface area contributed by atoms with Gasteiger partial charge in [0.15, 0.2) is 5.13 Å². The number of methoxy groups -OCH3 is 1. The molecular formula is C20H20N2O3S. The number of carbonyl (C=O) groups excluding carboxylic acids is 1. The van der Waals surface area contributed by atoms with Crippen molar-refractivity contribution in [3.05, 3.63) is 59.5 Å². The Labute approximate surface area is 156 Å². The van der Waals surface area contributed by atoms with Crippen LogP contribution in [0.1, 0.15) is 24.2 Å². The van der Waals surface area contributed by atoms with Crippen LogP contribution in [0.3, 0.4) is 0 Å². The molecule has 134 valence electrons. The lowest BCUT2D eigenvalue weighted by molar-refractivity contribution is 0.102. The van der Waals surface area contributed by atoms with E-state index in [2.05, 4.69) is 10.3 Å². The maximum absolute atomic E-state index is 12.4. The molecule has 0 saturated heterocycles. The maximum Gasteiger partial charge on any atom is 0.257 e. The summed E-state index contributed by atoms with van der Waals surface area (Å²) in [6, 6.07) is 14.7. The summed E-state index contributed by atoms with van der Waals surface area (Å²) in [4.78, 5) is 16.9. The lowest BCUT2D eigenvalue weighted by Gasteiger charge is -2.09. The molecular weight excluding hydrogens is 348 g/mol. The standard InChI is InChI=1S/C20H20N2O3S/c1-13(2)25-16-9-7-14(8-10-16)19(23)22-20-21-18(12-26-20)15-5-4-6-17(11-15)24-3/h4-13H,1-3H3,(H,21,22,23). The van der Waals surface area contributed by atoms with Gasteiger partial charge in [0.25, 0.3) is 5.91 Å². The molecule has 1 heterocycles. The molecule has 3 rings (SSSR count). The number of anilines is 1. The Morgan fingerprint density at radius 1 is 1.12 bits per heavy atom. The first kappa shape index (κ1) is 17.9. The summed E-state index contributed by atoms with van der Waals surface area (Å²) in [5, 5.41) is 5.29. The number of hydrogen-bond donors (Lipinski definition) is 1. The first-order valence-corrected chi connectivity index (χ1v) is 9.11. The molecule has 0 spiro atoms. The number of nitrogens with zero attached hydrogens (tertiary/aromatic N) is 1. The van der Waals surface area contributed by atoms with Crippen LogP contribution in [0.2, 0.25) is 0 Å². The van der Waals surface area contributed by atoms with E-state index in [9.17, 15) is 4.79 Å². The molecule has 1 amide bonds. The van der Waals surface area contributed by atoms with Crippen molar-refractivity contribution in [1.29, 1.82) is 0 Å². The second kappa shape index (κ2) is 8.01. The number of rotatable bonds is 6. The van der Waals surface area contributed by atoms with Crippen LogP contribution in [0, 0.1) is 0 Å². The van der Waals surface area contributed by atoms with Gasteiger partial charge >= 0.3 is 0 Å². The topological polar surface area (TPSA) is 60.5 Å². The van der Waals surface area contributed by atoms with Gasteiger partial charge < -0.3 is 9.47 Å². The van der Waals surface area contributed by atoms with Gasteiger partial charge in [-0.2, -0.15) is 0 Å². The zero-order valence-electron chi connectivity index (χ0n) is 14.9. The molecule has 0 bridgehead atoms. The number of benzene rings is 2. The SMILES string of the molecule is COc1cccc(-c2csc(NC(=O)c3ccc(OC(C)C)cc3)n2)c1. The van der Waals surface area contributed by atoms with Crippen LogP contribution in [0.5, 0.6) is 11.5 Å². The van der Waals surface area contributed by atoms with Crippen molar-refractivity contribution in [1.82, 2.24) is 4.98 Å². The van der Waals surface area contributed by atoms with Crippen LogP contribution in [-0.4, -0.2) is 24.1 Å². The van der Waals surface area contributed by atoms with Gasteiger partial charge in [-0.25, -0.2) is 4.98 Å². The van der Waals surface area contributed by atoms with Gasteiger partial charge in [-0.05, 0) is 50.2 Å². The van der Waals surface area contributed by atoms with E-state index in [0.717, 1.165) is 22.8 Å². The predicted molar refractivity (Wildman–Crippen MR) is 104 cm³/mol. The average molecular weight is 368 g/mol. The fourth-order valence-electron chi connectivity index (χ4n) is 2.37. The molecule has 0 aliphatic rings. The van der Waals surface area contributed by atoms with Gasteiger partial charge in [0.1, 0.15) is 11.5 Å². The number of carbonyl (C=O) groups is 1. The van der Waals surface area contributed by atoms with E-state index in [0.29, 0.717) is 10.7 Å². The Morgan fingerprint density at radius 2 is 1.88 bits per heavy atom. The van der Waals surface area contributed by atoms with Crippen molar-refractivity contribution in [3.63, 3.8) is 0 Å². The van der Waals surface area contributed by atoms with E-state index in [1.165, 1.54) is 11.3 Å². The molecule has 0 atom stereocenters. The Bertz CT molecular complexity index is 888. The molecule has 1 N–H and O–H groups in total. The molecule has 6 heteroatoms. The zero-order chi connectivity index (χ0) is 18.5. The first-order valence-electron chi connectivity index (χ1n) is 8.23. The smallest absolute Gasteiger partial charge is 0.257 e. The van der Waals surface area contributed by atoms with Crippen molar-refractivity contribution in [2.45, 2.75) is 20.0 Å². The Kier molecular flexibility index (Phi) is 5.53. The molecule has 0 saturated carbocycles. The van der Waals surface area contributed by atoms with Gasteiger partial charge in [-0.3, -0.25) is 10.1 Å². The van der Waals surface area contributed by atoms with Crippen LogP contribution in [0.25, 0.3) is 11.3 Å². The highest BCUT2D eigenvalue weighted by Crippen LogP contribution is 2.27. The third-order valence-corrected chi connectivity index (χ3v) is 4.34. The molecule has 26 heavy (non-hydrogen) atoms. The third kappa shape index (κ3) is 4.40. The summed E-state index contributed by atoms with van der Waals surface area (Å²) in [7, 11) is 1.63. The molecule has 0 aliphatic carbocycles. The van der Waals surface area contributed by atoms with Gasteiger partial charge in [0, 0.05) is 16.5 Å². The van der Waals surface area contributed by atoms with E-state index < -0.39 is 0 Å². The van der Waals surface area contributed by atoms with E-state index >= 15 is 0 Å². The van der Waals surface area contributed by atoms with Crippen LogP contribution in [0.15, 0.2) is 53.9 Å². The van der Waals surface area contributed by atoms with E-state index in [4.69, 9.17) is 9.47 Å². The number of amides is 1. The van der Waals surface area contributed by atoms with Crippen molar-refractivity contribution in [3.8, 4) is 22.8 Å². The minimum atomic E-state index is -0.201. The van der Waals surface area contributed by atoms with Crippen LogP contribution < -0.4 is 14.8 Å². The number of aromatic nitrogens is 1. The largest absolute Gasteiger partial charge is 0.497 e. The number of nitrogens with one attached hydrogen (secondary N) is 1. The molecule has 0 unspecified atom stereocenters. The summed E-state index contributed by atoms with van der Waals surface area (Å²) in [6.07, 6.45) is 0.0972. The minimum absolute atomic E-state index is 0.0972. The van der Waals surface area contributed by atoms with Crippen LogP contribution in [0.4, 0.5) is 5.13 Å². The number of ether oxygens (including phenoxy) is 2. The predicted octanol–water partition coefficient (Wildman–Crippen LogP) is 4.86. The molecule has 0 radical (unpaired) electrons. The van der Waals surface area contributed by atoms with Crippen LogP contribution in [-0.2, 0) is 0 Å². The van der Waals surface area contributed by atoms with Gasteiger partial charge in [-0.1, -0.05) is 12.1 Å². The van der Waals surface area contributed by atoms with Gasteiger partial charge in [0.05, 0.1) is 18.9 Å². The Morgan fingerprint density at radius 3 is 2.58 bits per heavy atom. The summed E-state index contributed by atoms with van der Waals surface area (Å²) in [5.74, 6) is 1.31. The number of hydrogen-bond acceptors (Lipinski definition) is 5. The van der Waals surface area contributed by atoms with Gasteiger partial charge in [0.2, 0.25) is 0 Å². The summed E-state index contributed by atoms with van der Waals surface area (Å²) < 4.78 is 10.8. The summed E-state index contributed by atoms with van der Waals surface area (Å²) in [5.41, 5.74) is 2.29. The maximum atomic E-state index is 12.4. The summed E-state index contributed by atoms with van der Waals surface area (Å²) in [6.45, 7) is 3.92. The Hall–Kier alpha value is -2.86. The van der Waals surface area contributed by atoms with Crippen LogP contribution >= 0.6 is 11.3 Å². The third-order valence-electron chi connectivity index (χ3n) is 3.58. The minimum Gasteiger partial charge on any atom is -0.497 e. The van der Waals surface area contributed by atoms with E-state index in [1.54, 1.807) is 31.4 Å². The summed E-state index contributed by atoms with van der Waals surface area (Å²) >= 11 is 1.38. The molecule has 0 fully saturated rings. The van der Waals surface area contributed by atoms with E-state index in [-0.39, 0.29) is 12.0 Å². The van der Waals surface area contributed by atoms with Crippen molar-refractivity contribution in [2.75, 3.05) is 12.4 Å². The highest BCUT2D eigenvalue weighted by molar-refractivity contribution is 7.14. The molecule has 2 aromatic carbocycles. The highest BCUT2D eigenvalue weighted by Gasteiger charge is 2.11. The van der Waals surface area contributed by atoms with Crippen molar-refractivity contribution < 1.29 is 14.3 Å². The zero-order valence-corrected chi connectivity index (χ0v) is 15.7. The quantitative estimate of drug-likeness (QED) is 0.675. The lowest BCUT2D eigenvalue weighted by atomic mass is 10.2. The fourth-order valence-corrected chi connectivity index (χ4v) is 3.09. The second-order valence-corrected chi connectivity index (χ2v) is 6.77. The number of thiazole rings is 1. The average Bonchev–Trinajstić information content (AvgIpc) is 3.10. The molecule has 0 aliphatic heterocycles. The normalized spacial score (nSPS) is 10.6. The first-order chi connectivity index (χ1) is 12.5. The highest BCUT2D eigenvalue weighted by atomic mass is 32.1. The molecule has 5 nitrogen and oxygen atoms in total. The van der Waals surface area contributed by atoms with Crippen molar-refractivity contribution in [2.24, 2.45) is 0 Å². The second-order valence-electron chi connectivity index (χ2n) is 5.91. The van der Waals surface area contributed by atoms with E-state index in [1.807, 2.05) is 43.5 Å². The fraction of sp³-hybridized carbons (Fsp3) is 0.200. The van der Waals surface area contributed by atoms with Crippen molar-refractivity contribution >= 4 is 22.4 Å². The lowest BCUT2D eigenvalue weighted by Crippen LogP contribution is -2.12.